The van der Waals surface area contributed by atoms with E-state index in [1.54, 1.807) is 0 Å². The molecule has 16 heavy (non-hydrogen) atoms. The molecule has 0 aliphatic carbocycles. The van der Waals surface area contributed by atoms with Crippen molar-refractivity contribution in [3.8, 4) is 0 Å². The van der Waals surface area contributed by atoms with Crippen LogP contribution >= 0.6 is 11.3 Å². The van der Waals surface area contributed by atoms with Gasteiger partial charge in [-0.3, -0.25) is 0 Å². The standard InChI is InChI=1S/C9H11NO4S2/c1-14-9(11)7-5-2-3-16(12,13)4-6(5)15-8(7)10/h2-4,10H2,1H3. The predicted molar refractivity (Wildman–Crippen MR) is 61.3 cm³/mol. The third kappa shape index (κ3) is 1.80. The van der Waals surface area contributed by atoms with E-state index in [1.807, 2.05) is 0 Å². The molecule has 0 spiro atoms. The largest absolute Gasteiger partial charge is 0.465 e. The van der Waals surface area contributed by atoms with Crippen molar-refractivity contribution in [2.45, 2.75) is 12.2 Å². The summed E-state index contributed by atoms with van der Waals surface area (Å²) in [6, 6.07) is 0. The Morgan fingerprint density at radius 3 is 2.81 bits per heavy atom. The summed E-state index contributed by atoms with van der Waals surface area (Å²) < 4.78 is 27.5. The van der Waals surface area contributed by atoms with Crippen LogP contribution < -0.4 is 5.73 Å². The van der Waals surface area contributed by atoms with E-state index in [2.05, 4.69) is 4.74 Å². The van der Waals surface area contributed by atoms with Crippen molar-refractivity contribution in [3.05, 3.63) is 16.0 Å². The number of carbonyl (C=O) groups is 1. The van der Waals surface area contributed by atoms with Crippen LogP contribution in [0.4, 0.5) is 5.00 Å². The van der Waals surface area contributed by atoms with Gasteiger partial charge in [0.15, 0.2) is 9.84 Å². The number of nitrogens with two attached hydrogens (primary N) is 1. The molecular weight excluding hydrogens is 250 g/mol. The molecular formula is C9H11NO4S2. The molecule has 0 fully saturated rings. The Morgan fingerprint density at radius 2 is 2.19 bits per heavy atom. The summed E-state index contributed by atoms with van der Waals surface area (Å²) in [6.45, 7) is 0. The molecule has 5 nitrogen and oxygen atoms in total. The van der Waals surface area contributed by atoms with Crippen LogP contribution in [0.25, 0.3) is 0 Å². The van der Waals surface area contributed by atoms with Crippen LogP contribution in [0, 0.1) is 0 Å². The molecule has 88 valence electrons. The number of esters is 1. The lowest BCUT2D eigenvalue weighted by Crippen LogP contribution is -2.19. The fourth-order valence-corrected chi connectivity index (χ4v) is 4.68. The predicted octanol–water partition coefficient (Wildman–Crippen LogP) is 0.588. The Hall–Kier alpha value is -1.08. The van der Waals surface area contributed by atoms with Crippen molar-refractivity contribution < 1.29 is 17.9 Å². The van der Waals surface area contributed by atoms with Crippen LogP contribution in [0.2, 0.25) is 0 Å². The zero-order valence-corrected chi connectivity index (χ0v) is 10.3. The summed E-state index contributed by atoms with van der Waals surface area (Å²) in [5, 5.41) is 0.342. The van der Waals surface area contributed by atoms with Gasteiger partial charge in [-0.2, -0.15) is 0 Å². The second-order valence-electron chi connectivity index (χ2n) is 3.58. The number of hydrogen-bond acceptors (Lipinski definition) is 6. The van der Waals surface area contributed by atoms with Crippen molar-refractivity contribution in [2.75, 3.05) is 18.6 Å². The van der Waals surface area contributed by atoms with Gasteiger partial charge in [0.25, 0.3) is 0 Å². The Balaban J connectivity index is 2.52. The first-order chi connectivity index (χ1) is 7.44. The van der Waals surface area contributed by atoms with Crippen molar-refractivity contribution >= 4 is 32.1 Å². The quantitative estimate of drug-likeness (QED) is 0.748. The molecule has 1 aliphatic rings. The molecule has 0 amide bonds. The highest BCUT2D eigenvalue weighted by molar-refractivity contribution is 7.90. The van der Waals surface area contributed by atoms with E-state index in [0.29, 0.717) is 21.9 Å². The highest BCUT2D eigenvalue weighted by Crippen LogP contribution is 2.36. The first-order valence-electron chi connectivity index (χ1n) is 4.63. The molecule has 2 rings (SSSR count). The summed E-state index contributed by atoms with van der Waals surface area (Å²) in [7, 11) is -1.75. The summed E-state index contributed by atoms with van der Waals surface area (Å²) in [6.07, 6.45) is 0.343. The van der Waals surface area contributed by atoms with Crippen molar-refractivity contribution in [3.63, 3.8) is 0 Å². The Kier molecular flexibility index (Phi) is 2.67. The fraction of sp³-hybridized carbons (Fsp3) is 0.444. The summed E-state index contributed by atoms with van der Waals surface area (Å²) in [4.78, 5) is 12.2. The van der Waals surface area contributed by atoms with Gasteiger partial charge in [-0.1, -0.05) is 0 Å². The summed E-state index contributed by atoms with van der Waals surface area (Å²) in [5.41, 5.74) is 6.79. The molecule has 1 aromatic heterocycles. The van der Waals surface area contributed by atoms with Crippen LogP contribution in [0.1, 0.15) is 20.8 Å². The number of fused-ring (bicyclic) bond motifs is 1. The molecule has 0 bridgehead atoms. The molecule has 1 aliphatic heterocycles. The van der Waals surface area contributed by atoms with Gasteiger partial charge in [0.05, 0.1) is 24.2 Å². The van der Waals surface area contributed by atoms with Gasteiger partial charge < -0.3 is 10.5 Å². The third-order valence-electron chi connectivity index (χ3n) is 2.52. The van der Waals surface area contributed by atoms with E-state index in [9.17, 15) is 13.2 Å². The Labute approximate surface area is 97.1 Å². The van der Waals surface area contributed by atoms with Gasteiger partial charge in [-0.15, -0.1) is 11.3 Å². The number of thiophene rings is 1. The zero-order chi connectivity index (χ0) is 11.9. The van der Waals surface area contributed by atoms with Gasteiger partial charge in [-0.25, -0.2) is 13.2 Å². The molecule has 0 unspecified atom stereocenters. The molecule has 0 aromatic carbocycles. The van der Waals surface area contributed by atoms with Crippen molar-refractivity contribution in [1.82, 2.24) is 0 Å². The van der Waals surface area contributed by atoms with E-state index >= 15 is 0 Å². The van der Waals surface area contributed by atoms with Gasteiger partial charge >= 0.3 is 5.97 Å². The number of ether oxygens (including phenoxy) is 1. The Bertz CT molecular complexity index is 544. The lowest BCUT2D eigenvalue weighted by molar-refractivity contribution is 0.0601. The van der Waals surface area contributed by atoms with Crippen LogP contribution in [0.15, 0.2) is 0 Å². The molecule has 2 N–H and O–H groups in total. The smallest absolute Gasteiger partial charge is 0.341 e. The van der Waals surface area contributed by atoms with Gasteiger partial charge in [0.1, 0.15) is 5.00 Å². The highest BCUT2D eigenvalue weighted by atomic mass is 32.2. The average Bonchev–Trinajstić information content (AvgIpc) is 2.50. The maximum atomic E-state index is 11.5. The number of nitrogen functional groups attached to an aromatic ring is 1. The van der Waals surface area contributed by atoms with Crippen LogP contribution in [0.5, 0.6) is 0 Å². The molecule has 0 atom stereocenters. The fourth-order valence-electron chi connectivity index (χ4n) is 1.77. The number of anilines is 1. The zero-order valence-electron chi connectivity index (χ0n) is 8.65. The maximum absolute atomic E-state index is 11.5. The van der Waals surface area contributed by atoms with Crippen LogP contribution in [0.3, 0.4) is 0 Å². The van der Waals surface area contributed by atoms with E-state index in [0.717, 1.165) is 16.9 Å². The maximum Gasteiger partial charge on any atom is 0.341 e. The van der Waals surface area contributed by atoms with E-state index in [1.165, 1.54) is 7.11 Å². The van der Waals surface area contributed by atoms with E-state index < -0.39 is 15.8 Å². The number of rotatable bonds is 1. The van der Waals surface area contributed by atoms with Crippen molar-refractivity contribution in [2.24, 2.45) is 0 Å². The first kappa shape index (κ1) is 11.4. The second-order valence-corrected chi connectivity index (χ2v) is 6.90. The molecule has 0 saturated heterocycles. The molecule has 0 radical (unpaired) electrons. The monoisotopic (exact) mass is 261 g/mol. The molecule has 1 aromatic rings. The minimum atomic E-state index is -3.03. The van der Waals surface area contributed by atoms with Crippen molar-refractivity contribution in [1.29, 1.82) is 0 Å². The lowest BCUT2D eigenvalue weighted by Gasteiger charge is -2.12. The minimum Gasteiger partial charge on any atom is -0.465 e. The highest BCUT2D eigenvalue weighted by Gasteiger charge is 2.30. The third-order valence-corrected chi connectivity index (χ3v) is 5.32. The normalized spacial score (nSPS) is 17.8. The topological polar surface area (TPSA) is 86.5 Å². The van der Waals surface area contributed by atoms with E-state index in [-0.39, 0.29) is 11.5 Å². The van der Waals surface area contributed by atoms with Crippen LogP contribution in [-0.2, 0) is 26.7 Å². The lowest BCUT2D eigenvalue weighted by atomic mass is 10.1. The Morgan fingerprint density at radius 1 is 1.50 bits per heavy atom. The number of hydrogen-bond donors (Lipinski definition) is 1. The van der Waals surface area contributed by atoms with Gasteiger partial charge in [0.2, 0.25) is 0 Å². The SMILES string of the molecule is COC(=O)c1c(N)sc2c1CCS(=O)(=O)C2. The minimum absolute atomic E-state index is 0.0196. The van der Waals surface area contributed by atoms with E-state index in [4.69, 9.17) is 5.73 Å². The molecule has 2 heterocycles. The second kappa shape index (κ2) is 3.74. The van der Waals surface area contributed by atoms with Crippen LogP contribution in [-0.4, -0.2) is 27.2 Å². The number of sulfone groups is 1. The molecule has 0 saturated carbocycles. The number of carbonyl (C=O) groups excluding carboxylic acids is 1. The summed E-state index contributed by atoms with van der Waals surface area (Å²) in [5.74, 6) is -0.441. The summed E-state index contributed by atoms with van der Waals surface area (Å²) >= 11 is 1.16. The molecule has 7 heteroatoms. The van der Waals surface area contributed by atoms with Gasteiger partial charge in [0, 0.05) is 4.88 Å². The first-order valence-corrected chi connectivity index (χ1v) is 7.27. The van der Waals surface area contributed by atoms with Gasteiger partial charge in [-0.05, 0) is 12.0 Å². The average molecular weight is 261 g/mol. The number of methoxy groups -OCH3 is 1.